The molecule has 0 fully saturated rings. The van der Waals surface area contributed by atoms with E-state index in [1.54, 1.807) is 0 Å². The van der Waals surface area contributed by atoms with Crippen molar-refractivity contribution in [2.75, 3.05) is 0 Å². The van der Waals surface area contributed by atoms with Crippen LogP contribution in [0.15, 0.2) is 0 Å². The summed E-state index contributed by atoms with van der Waals surface area (Å²) >= 11 is 0. The minimum absolute atomic E-state index is 0.256. The molecule has 0 N–H and O–H groups in total. The molecule has 0 rings (SSSR count). The number of hydrogen-bond donors (Lipinski definition) is 0. The van der Waals surface area contributed by atoms with Crippen molar-refractivity contribution in [3.8, 4) is 0 Å². The second kappa shape index (κ2) is 7.92. The predicted molar refractivity (Wildman–Crippen MR) is 131 cm³/mol. The summed E-state index contributed by atoms with van der Waals surface area (Å²) in [6.07, 6.45) is 0. The first kappa shape index (κ1) is 28.0. The Labute approximate surface area is 181 Å². The molecule has 0 aromatic rings. The second-order valence-electron chi connectivity index (χ2n) is 16.2. The van der Waals surface area contributed by atoms with E-state index >= 15 is 0 Å². The van der Waals surface area contributed by atoms with Gasteiger partial charge in [-0.25, -0.2) is 0 Å². The van der Waals surface area contributed by atoms with E-state index in [0.717, 1.165) is 0 Å². The van der Waals surface area contributed by atoms with E-state index < -0.39 is 0 Å². The summed E-state index contributed by atoms with van der Waals surface area (Å²) < 4.78 is 0. The van der Waals surface area contributed by atoms with Crippen molar-refractivity contribution in [3.05, 3.63) is 0 Å². The van der Waals surface area contributed by atoms with Gasteiger partial charge in [-0.05, 0) is 56.2 Å². The number of hydrogen-bond acceptors (Lipinski definition) is 0. The van der Waals surface area contributed by atoms with Crippen LogP contribution in [-0.2, 0) is 0 Å². The van der Waals surface area contributed by atoms with Crippen LogP contribution in [0.25, 0.3) is 0 Å². The van der Waals surface area contributed by atoms with E-state index in [2.05, 4.69) is 125 Å². The maximum atomic E-state index is 2.49. The van der Waals surface area contributed by atoms with Crippen LogP contribution in [0.2, 0.25) is 0 Å². The van der Waals surface area contributed by atoms with Crippen LogP contribution in [0.1, 0.15) is 125 Å². The maximum absolute atomic E-state index is 2.49. The fraction of sp³-hybridized carbons (Fsp3) is 1.00. The average molecular weight is 395 g/mol. The van der Waals surface area contributed by atoms with Gasteiger partial charge in [0, 0.05) is 0 Å². The molecular weight excluding hydrogens is 336 g/mol. The summed E-state index contributed by atoms with van der Waals surface area (Å²) in [6.45, 7) is 44.8. The van der Waals surface area contributed by atoms with Crippen LogP contribution in [0, 0.1) is 56.2 Å². The van der Waals surface area contributed by atoms with E-state index in [4.69, 9.17) is 0 Å². The predicted octanol–water partition coefficient (Wildman–Crippen LogP) is 9.73. The van der Waals surface area contributed by atoms with Gasteiger partial charge < -0.3 is 0 Å². The molecular formula is C28H58. The third-order valence-corrected chi connectivity index (χ3v) is 6.75. The summed E-state index contributed by atoms with van der Waals surface area (Å²) in [5.74, 6) is 2.53. The molecule has 0 radical (unpaired) electrons. The minimum atomic E-state index is 0.256. The molecule has 0 bridgehead atoms. The van der Waals surface area contributed by atoms with Crippen LogP contribution >= 0.6 is 0 Å². The van der Waals surface area contributed by atoms with E-state index in [1.165, 1.54) is 0 Å². The Morgan fingerprint density at radius 3 is 0.429 bits per heavy atom. The van der Waals surface area contributed by atoms with Crippen LogP contribution in [0.4, 0.5) is 0 Å². The molecule has 0 aromatic heterocycles. The van der Waals surface area contributed by atoms with E-state index in [-0.39, 0.29) is 32.5 Å². The molecule has 0 unspecified atom stereocenters. The Kier molecular flexibility index (Phi) is 7.92. The van der Waals surface area contributed by atoms with Crippen molar-refractivity contribution in [2.45, 2.75) is 125 Å². The first-order valence-electron chi connectivity index (χ1n) is 11.7. The summed E-state index contributed by atoms with van der Waals surface area (Å²) in [5.41, 5.74) is 1.54. The second-order valence-corrected chi connectivity index (χ2v) is 16.2. The molecule has 0 nitrogen and oxygen atoms in total. The van der Waals surface area contributed by atoms with Gasteiger partial charge in [0.1, 0.15) is 0 Å². The van der Waals surface area contributed by atoms with Crippen molar-refractivity contribution in [1.82, 2.24) is 0 Å². The molecule has 0 aliphatic rings. The van der Waals surface area contributed by atoms with Gasteiger partial charge in [0.25, 0.3) is 0 Å². The molecule has 0 saturated heterocycles. The lowest BCUT2D eigenvalue weighted by Gasteiger charge is -2.61. The van der Waals surface area contributed by atoms with Crippen molar-refractivity contribution >= 4 is 0 Å². The van der Waals surface area contributed by atoms with Crippen molar-refractivity contribution in [3.63, 3.8) is 0 Å². The van der Waals surface area contributed by atoms with E-state index in [9.17, 15) is 0 Å². The standard InChI is InChI=1S/C28H58/c1-23(2,3)20(24(4,5)6)19(21(25(7,8)9)26(10,11)12)22(27(13,14)15)28(16,17)18/h19-22H,1-18H3. The first-order chi connectivity index (χ1) is 11.7. The zero-order valence-corrected chi connectivity index (χ0v) is 23.3. The SMILES string of the molecule is CC(C)(C)C(C(C(C(C)(C)C)C(C)(C)C)C(C(C)(C)C)C(C)(C)C)C(C)(C)C. The normalized spacial score (nSPS) is 16.1. The zero-order valence-electron chi connectivity index (χ0n) is 23.3. The average Bonchev–Trinajstić information content (AvgIpc) is 2.13. The Morgan fingerprint density at radius 1 is 0.250 bits per heavy atom. The van der Waals surface area contributed by atoms with Crippen LogP contribution in [-0.4, -0.2) is 0 Å². The smallest absolute Gasteiger partial charge is 0.0282 e. The van der Waals surface area contributed by atoms with Crippen molar-refractivity contribution < 1.29 is 0 Å². The highest BCUT2D eigenvalue weighted by Crippen LogP contribution is 2.62. The molecule has 0 heteroatoms. The highest BCUT2D eigenvalue weighted by molar-refractivity contribution is 5.04. The molecule has 0 aliphatic heterocycles. The Hall–Kier alpha value is 0. The van der Waals surface area contributed by atoms with Gasteiger partial charge in [-0.2, -0.15) is 0 Å². The van der Waals surface area contributed by atoms with Crippen molar-refractivity contribution in [2.24, 2.45) is 56.2 Å². The fourth-order valence-electron chi connectivity index (χ4n) is 7.94. The molecule has 0 amide bonds. The van der Waals surface area contributed by atoms with Gasteiger partial charge in [0.15, 0.2) is 0 Å². The lowest BCUT2D eigenvalue weighted by Crippen LogP contribution is -2.55. The van der Waals surface area contributed by atoms with E-state index in [0.29, 0.717) is 23.7 Å². The number of rotatable bonds is 3. The van der Waals surface area contributed by atoms with Gasteiger partial charge in [-0.3, -0.25) is 0 Å². The lowest BCUT2D eigenvalue weighted by atomic mass is 9.44. The quantitative estimate of drug-likeness (QED) is 0.446. The Balaban J connectivity index is 7.30. The topological polar surface area (TPSA) is 0 Å². The van der Waals surface area contributed by atoms with Crippen LogP contribution in [0.5, 0.6) is 0 Å². The van der Waals surface area contributed by atoms with Gasteiger partial charge in [-0.15, -0.1) is 0 Å². The fourth-order valence-corrected chi connectivity index (χ4v) is 7.94. The van der Waals surface area contributed by atoms with Crippen LogP contribution < -0.4 is 0 Å². The molecule has 0 heterocycles. The monoisotopic (exact) mass is 394 g/mol. The van der Waals surface area contributed by atoms with Gasteiger partial charge in [0.05, 0.1) is 0 Å². The first-order valence-corrected chi connectivity index (χ1v) is 11.7. The van der Waals surface area contributed by atoms with Crippen LogP contribution in [0.3, 0.4) is 0 Å². The molecule has 0 atom stereocenters. The molecule has 0 spiro atoms. The zero-order chi connectivity index (χ0) is 23.3. The summed E-state index contributed by atoms with van der Waals surface area (Å²) in [5, 5.41) is 0. The summed E-state index contributed by atoms with van der Waals surface area (Å²) in [7, 11) is 0. The molecule has 0 aromatic carbocycles. The molecule has 0 saturated carbocycles. The minimum Gasteiger partial charge on any atom is -0.0599 e. The highest BCUT2D eigenvalue weighted by Gasteiger charge is 2.56. The lowest BCUT2D eigenvalue weighted by molar-refractivity contribution is -0.132. The van der Waals surface area contributed by atoms with Gasteiger partial charge in [0.2, 0.25) is 0 Å². The molecule has 0 aliphatic carbocycles. The maximum Gasteiger partial charge on any atom is -0.0282 e. The van der Waals surface area contributed by atoms with Gasteiger partial charge in [-0.1, -0.05) is 125 Å². The van der Waals surface area contributed by atoms with Crippen molar-refractivity contribution in [1.29, 1.82) is 0 Å². The van der Waals surface area contributed by atoms with Gasteiger partial charge >= 0.3 is 0 Å². The highest BCUT2D eigenvalue weighted by atomic mass is 14.6. The summed E-state index contributed by atoms with van der Waals surface area (Å²) in [6, 6.07) is 0. The largest absolute Gasteiger partial charge is 0.0599 e. The van der Waals surface area contributed by atoms with E-state index in [1.807, 2.05) is 0 Å². The third-order valence-electron chi connectivity index (χ3n) is 6.75. The Morgan fingerprint density at radius 2 is 0.357 bits per heavy atom. The third kappa shape index (κ3) is 7.05. The Bertz CT molecular complexity index is 361. The molecule has 170 valence electrons. The molecule has 28 heavy (non-hydrogen) atoms. The summed E-state index contributed by atoms with van der Waals surface area (Å²) in [4.78, 5) is 0.